The molecule has 152 valence electrons. The molecule has 0 saturated heterocycles. The van der Waals surface area contributed by atoms with E-state index < -0.39 is 0 Å². The minimum absolute atomic E-state index is 0.103. The molecule has 2 heterocycles. The number of nitrogens with one attached hydrogen (secondary N) is 1. The molecular formula is C22H21N5O2S. The summed E-state index contributed by atoms with van der Waals surface area (Å²) < 4.78 is 9.15. The van der Waals surface area contributed by atoms with Crippen molar-refractivity contribution in [2.45, 2.75) is 12.1 Å². The molecule has 2 aromatic carbocycles. The monoisotopic (exact) mass is 419 g/mol. The number of amides is 1. The van der Waals surface area contributed by atoms with Crippen molar-refractivity contribution in [1.82, 2.24) is 19.3 Å². The number of methoxy groups -OCH3 is 1. The van der Waals surface area contributed by atoms with Crippen LogP contribution in [0.3, 0.4) is 0 Å². The van der Waals surface area contributed by atoms with Gasteiger partial charge in [-0.2, -0.15) is 0 Å². The Labute approximate surface area is 178 Å². The fraction of sp³-hybridized carbons (Fsp3) is 0.136. The standard InChI is InChI=1S/C22H21N5O2S/c1-16-7-5-8-17(13-16)23-20(28)15-30-22-25-24-21(26-11-3-4-12-26)27(22)18-9-6-10-19(14-18)29-2/h3-14H,15H2,1-2H3,(H,23,28). The summed E-state index contributed by atoms with van der Waals surface area (Å²) in [6.45, 7) is 1.99. The van der Waals surface area contributed by atoms with Crippen molar-refractivity contribution in [1.29, 1.82) is 0 Å². The summed E-state index contributed by atoms with van der Waals surface area (Å²) in [5.41, 5.74) is 2.72. The van der Waals surface area contributed by atoms with E-state index in [1.54, 1.807) is 7.11 Å². The van der Waals surface area contributed by atoms with Crippen LogP contribution in [0, 0.1) is 6.92 Å². The number of anilines is 1. The molecule has 4 rings (SSSR count). The van der Waals surface area contributed by atoms with Gasteiger partial charge in [0.1, 0.15) is 5.75 Å². The predicted octanol–water partition coefficient (Wildman–Crippen LogP) is 4.11. The topological polar surface area (TPSA) is 74.0 Å². The van der Waals surface area contributed by atoms with E-state index in [9.17, 15) is 4.79 Å². The van der Waals surface area contributed by atoms with Gasteiger partial charge in [-0.15, -0.1) is 10.2 Å². The van der Waals surface area contributed by atoms with Crippen molar-refractivity contribution in [2.24, 2.45) is 0 Å². The van der Waals surface area contributed by atoms with Crippen molar-refractivity contribution in [3.63, 3.8) is 0 Å². The van der Waals surface area contributed by atoms with Crippen LogP contribution in [0.2, 0.25) is 0 Å². The summed E-state index contributed by atoms with van der Waals surface area (Å²) in [7, 11) is 1.63. The molecule has 30 heavy (non-hydrogen) atoms. The largest absolute Gasteiger partial charge is 0.497 e. The molecule has 0 aliphatic heterocycles. The second-order valence-corrected chi connectivity index (χ2v) is 7.56. The van der Waals surface area contributed by atoms with Crippen LogP contribution in [0.5, 0.6) is 5.75 Å². The number of aromatic nitrogens is 4. The maximum atomic E-state index is 12.5. The molecule has 2 aromatic heterocycles. The van der Waals surface area contributed by atoms with Crippen molar-refractivity contribution < 1.29 is 9.53 Å². The van der Waals surface area contributed by atoms with E-state index in [2.05, 4.69) is 15.5 Å². The van der Waals surface area contributed by atoms with Gasteiger partial charge in [0.05, 0.1) is 18.6 Å². The minimum Gasteiger partial charge on any atom is -0.497 e. The Kier molecular flexibility index (Phi) is 5.85. The zero-order chi connectivity index (χ0) is 20.9. The summed E-state index contributed by atoms with van der Waals surface area (Å²) >= 11 is 1.33. The third-order valence-corrected chi connectivity index (χ3v) is 5.33. The zero-order valence-electron chi connectivity index (χ0n) is 16.6. The number of aryl methyl sites for hydroxylation is 1. The smallest absolute Gasteiger partial charge is 0.240 e. The molecule has 7 nitrogen and oxygen atoms in total. The Bertz CT molecular complexity index is 1150. The van der Waals surface area contributed by atoms with Crippen LogP contribution in [0.25, 0.3) is 11.6 Å². The van der Waals surface area contributed by atoms with Crippen LogP contribution in [0.1, 0.15) is 5.56 Å². The molecule has 0 saturated carbocycles. The molecule has 0 unspecified atom stereocenters. The summed E-state index contributed by atoms with van der Waals surface area (Å²) in [5.74, 6) is 1.47. The van der Waals surface area contributed by atoms with Crippen molar-refractivity contribution in [3.8, 4) is 17.4 Å². The Morgan fingerprint density at radius 1 is 1.07 bits per heavy atom. The molecule has 0 bridgehead atoms. The van der Waals surface area contributed by atoms with E-state index in [4.69, 9.17) is 4.74 Å². The van der Waals surface area contributed by atoms with Crippen LogP contribution in [0.4, 0.5) is 5.69 Å². The van der Waals surface area contributed by atoms with Gasteiger partial charge in [0.2, 0.25) is 11.9 Å². The first-order chi connectivity index (χ1) is 14.6. The molecule has 0 spiro atoms. The summed E-state index contributed by atoms with van der Waals surface area (Å²) in [5, 5.41) is 12.2. The number of hydrogen-bond donors (Lipinski definition) is 1. The van der Waals surface area contributed by atoms with E-state index >= 15 is 0 Å². The van der Waals surface area contributed by atoms with Crippen LogP contribution >= 0.6 is 11.8 Å². The average molecular weight is 420 g/mol. The number of rotatable bonds is 7. The SMILES string of the molecule is COc1cccc(-n2c(SCC(=O)Nc3cccc(C)c3)nnc2-n2cccc2)c1. The van der Waals surface area contributed by atoms with Gasteiger partial charge < -0.3 is 10.1 Å². The lowest BCUT2D eigenvalue weighted by molar-refractivity contribution is -0.113. The minimum atomic E-state index is -0.103. The molecule has 0 aliphatic carbocycles. The number of thioether (sulfide) groups is 1. The van der Waals surface area contributed by atoms with Gasteiger partial charge in [0.15, 0.2) is 5.16 Å². The van der Waals surface area contributed by atoms with Gasteiger partial charge >= 0.3 is 0 Å². The number of nitrogens with zero attached hydrogens (tertiary/aromatic N) is 4. The van der Waals surface area contributed by atoms with E-state index in [0.717, 1.165) is 22.7 Å². The molecule has 0 aliphatic rings. The summed E-state index contributed by atoms with van der Waals surface area (Å²) in [6.07, 6.45) is 3.80. The Morgan fingerprint density at radius 2 is 1.87 bits per heavy atom. The Morgan fingerprint density at radius 3 is 2.63 bits per heavy atom. The first-order valence-corrected chi connectivity index (χ1v) is 10.3. The summed E-state index contributed by atoms with van der Waals surface area (Å²) in [6, 6.07) is 19.2. The van der Waals surface area contributed by atoms with E-state index in [1.165, 1.54) is 11.8 Å². The highest BCUT2D eigenvalue weighted by Crippen LogP contribution is 2.26. The third kappa shape index (κ3) is 4.38. The van der Waals surface area contributed by atoms with Crippen LogP contribution in [-0.4, -0.2) is 38.1 Å². The summed E-state index contributed by atoms with van der Waals surface area (Å²) in [4.78, 5) is 12.5. The number of carbonyl (C=O) groups excluding carboxylic acids is 1. The van der Waals surface area contributed by atoms with Crippen molar-refractivity contribution in [2.75, 3.05) is 18.2 Å². The highest BCUT2D eigenvalue weighted by atomic mass is 32.2. The van der Waals surface area contributed by atoms with E-state index in [-0.39, 0.29) is 11.7 Å². The number of benzene rings is 2. The fourth-order valence-electron chi connectivity index (χ4n) is 3.02. The van der Waals surface area contributed by atoms with Gasteiger partial charge in [-0.3, -0.25) is 13.9 Å². The normalized spacial score (nSPS) is 10.7. The van der Waals surface area contributed by atoms with Crippen molar-refractivity contribution >= 4 is 23.4 Å². The molecule has 0 fully saturated rings. The van der Waals surface area contributed by atoms with Gasteiger partial charge in [0.25, 0.3) is 0 Å². The second kappa shape index (κ2) is 8.87. The maximum absolute atomic E-state index is 12.5. The van der Waals surface area contributed by atoms with E-state index in [0.29, 0.717) is 11.1 Å². The Balaban J connectivity index is 1.59. The van der Waals surface area contributed by atoms with Crippen LogP contribution < -0.4 is 10.1 Å². The first kappa shape index (κ1) is 19.8. The number of hydrogen-bond acceptors (Lipinski definition) is 5. The molecule has 1 amide bonds. The zero-order valence-corrected chi connectivity index (χ0v) is 17.5. The lowest BCUT2D eigenvalue weighted by atomic mass is 10.2. The first-order valence-electron chi connectivity index (χ1n) is 9.36. The lowest BCUT2D eigenvalue weighted by Gasteiger charge is -2.12. The van der Waals surface area contributed by atoms with Gasteiger partial charge in [-0.25, -0.2) is 0 Å². The van der Waals surface area contributed by atoms with E-state index in [1.807, 2.05) is 89.1 Å². The molecule has 1 N–H and O–H groups in total. The quantitative estimate of drug-likeness (QED) is 0.457. The van der Waals surface area contributed by atoms with Gasteiger partial charge in [-0.1, -0.05) is 30.0 Å². The molecule has 0 radical (unpaired) electrons. The van der Waals surface area contributed by atoms with Crippen molar-refractivity contribution in [3.05, 3.63) is 78.6 Å². The third-order valence-electron chi connectivity index (χ3n) is 4.40. The average Bonchev–Trinajstić information content (AvgIpc) is 3.42. The molecule has 4 aromatic rings. The molecule has 0 atom stereocenters. The fourth-order valence-corrected chi connectivity index (χ4v) is 3.76. The predicted molar refractivity (Wildman–Crippen MR) is 118 cm³/mol. The molecular weight excluding hydrogens is 398 g/mol. The second-order valence-electron chi connectivity index (χ2n) is 6.62. The highest BCUT2D eigenvalue weighted by Gasteiger charge is 2.17. The van der Waals surface area contributed by atoms with Crippen LogP contribution in [-0.2, 0) is 4.79 Å². The highest BCUT2D eigenvalue weighted by molar-refractivity contribution is 7.99. The molecule has 8 heteroatoms. The Hall–Kier alpha value is -3.52. The van der Waals surface area contributed by atoms with Gasteiger partial charge in [-0.05, 0) is 48.9 Å². The lowest BCUT2D eigenvalue weighted by Crippen LogP contribution is -2.14. The maximum Gasteiger partial charge on any atom is 0.240 e. The number of carbonyl (C=O) groups is 1. The number of ether oxygens (including phenoxy) is 1. The van der Waals surface area contributed by atoms with Crippen LogP contribution in [0.15, 0.2) is 78.2 Å². The van der Waals surface area contributed by atoms with Gasteiger partial charge in [0, 0.05) is 24.1 Å².